The fourth-order valence-corrected chi connectivity index (χ4v) is 2.89. The zero-order chi connectivity index (χ0) is 20.5. The molecule has 2 aromatic heterocycles. The van der Waals surface area contributed by atoms with Crippen LogP contribution in [0.2, 0.25) is 0 Å². The van der Waals surface area contributed by atoms with E-state index < -0.39 is 29.4 Å². The largest absolute Gasteiger partial charge is 0.442 e. The van der Waals surface area contributed by atoms with Gasteiger partial charge in [0, 0.05) is 13.0 Å². The van der Waals surface area contributed by atoms with Crippen LogP contribution in [0.1, 0.15) is 6.92 Å². The van der Waals surface area contributed by atoms with E-state index in [9.17, 15) is 18.4 Å². The highest BCUT2D eigenvalue weighted by Gasteiger charge is 2.33. The van der Waals surface area contributed by atoms with E-state index in [0.29, 0.717) is 0 Å². The number of anilines is 1. The van der Waals surface area contributed by atoms with Gasteiger partial charge in [-0.1, -0.05) is 0 Å². The Balaban J connectivity index is 1.58. The van der Waals surface area contributed by atoms with Crippen molar-refractivity contribution in [2.45, 2.75) is 13.0 Å². The molecule has 10 nitrogen and oxygen atoms in total. The third-order valence-electron chi connectivity index (χ3n) is 4.20. The standard InChI is InChI=1S/C17H14F2N6O4/c1-9(26)20-6-11-7-24(17(27)28-11)10-4-12(18)16(13(19)5-10)14-2-3-15(29-14)25-8-21-22-23-25/h2-5,8,11H,6-7H2,1H3,(H,20,26). The maximum Gasteiger partial charge on any atom is 0.414 e. The number of cyclic esters (lactones) is 1. The van der Waals surface area contributed by atoms with Gasteiger partial charge in [0.1, 0.15) is 29.8 Å². The van der Waals surface area contributed by atoms with Crippen LogP contribution in [-0.2, 0) is 9.53 Å². The molecule has 4 rings (SSSR count). The monoisotopic (exact) mass is 404 g/mol. The van der Waals surface area contributed by atoms with Gasteiger partial charge in [0.2, 0.25) is 11.8 Å². The molecule has 1 atom stereocenters. The van der Waals surface area contributed by atoms with Crippen LogP contribution in [0.15, 0.2) is 35.0 Å². The summed E-state index contributed by atoms with van der Waals surface area (Å²) in [6.07, 6.45) is -0.110. The summed E-state index contributed by atoms with van der Waals surface area (Å²) in [5.41, 5.74) is -0.401. The lowest BCUT2D eigenvalue weighted by Gasteiger charge is -2.14. The van der Waals surface area contributed by atoms with E-state index >= 15 is 0 Å². The molecule has 1 saturated heterocycles. The van der Waals surface area contributed by atoms with Gasteiger partial charge in [0.15, 0.2) is 0 Å². The second-order valence-corrected chi connectivity index (χ2v) is 6.23. The fourth-order valence-electron chi connectivity index (χ4n) is 2.89. The number of furan rings is 1. The van der Waals surface area contributed by atoms with Crippen LogP contribution in [0.3, 0.4) is 0 Å². The van der Waals surface area contributed by atoms with E-state index in [2.05, 4.69) is 20.8 Å². The van der Waals surface area contributed by atoms with Gasteiger partial charge < -0.3 is 14.5 Å². The lowest BCUT2D eigenvalue weighted by Crippen LogP contribution is -2.33. The number of nitrogens with zero attached hydrogens (tertiary/aromatic N) is 5. The summed E-state index contributed by atoms with van der Waals surface area (Å²) in [5.74, 6) is -2.01. The molecular weight excluding hydrogens is 390 g/mol. The predicted octanol–water partition coefficient (Wildman–Crippen LogP) is 1.66. The summed E-state index contributed by atoms with van der Waals surface area (Å²) >= 11 is 0. The van der Waals surface area contributed by atoms with Gasteiger partial charge in [0.25, 0.3) is 0 Å². The third-order valence-corrected chi connectivity index (χ3v) is 4.20. The smallest absolute Gasteiger partial charge is 0.414 e. The molecular formula is C17H14F2N6O4. The number of benzene rings is 1. The molecule has 12 heteroatoms. The molecule has 1 aliphatic heterocycles. The second kappa shape index (κ2) is 7.30. The van der Waals surface area contributed by atoms with Crippen molar-refractivity contribution in [2.24, 2.45) is 0 Å². The minimum Gasteiger partial charge on any atom is -0.442 e. The minimum absolute atomic E-state index is 0.00803. The van der Waals surface area contributed by atoms with Crippen LogP contribution in [0.25, 0.3) is 17.2 Å². The fraction of sp³-hybridized carbons (Fsp3) is 0.235. The quantitative estimate of drug-likeness (QED) is 0.688. The third kappa shape index (κ3) is 3.63. The lowest BCUT2D eigenvalue weighted by molar-refractivity contribution is -0.119. The van der Waals surface area contributed by atoms with Gasteiger partial charge in [-0.15, -0.1) is 5.10 Å². The normalized spacial score (nSPS) is 16.2. The maximum atomic E-state index is 14.7. The Hall–Kier alpha value is -3.83. The first-order valence-corrected chi connectivity index (χ1v) is 8.47. The average molecular weight is 404 g/mol. The molecule has 3 aromatic rings. The van der Waals surface area contributed by atoms with E-state index in [1.807, 2.05) is 0 Å². The Morgan fingerprint density at radius 1 is 1.31 bits per heavy atom. The molecule has 0 spiro atoms. The summed E-state index contributed by atoms with van der Waals surface area (Å²) in [6, 6.07) is 4.87. The Labute approximate surface area is 162 Å². The maximum absolute atomic E-state index is 14.7. The van der Waals surface area contributed by atoms with Crippen LogP contribution in [0, 0.1) is 11.6 Å². The van der Waals surface area contributed by atoms with Crippen molar-refractivity contribution >= 4 is 17.7 Å². The number of aromatic nitrogens is 4. The number of hydrogen-bond donors (Lipinski definition) is 1. The number of tetrazole rings is 1. The number of amides is 2. The SMILES string of the molecule is CC(=O)NCC1CN(c2cc(F)c(-c3ccc(-n4cnnn4)o3)c(F)c2)C(=O)O1. The van der Waals surface area contributed by atoms with E-state index in [0.717, 1.165) is 17.0 Å². The van der Waals surface area contributed by atoms with Crippen molar-refractivity contribution in [1.82, 2.24) is 25.5 Å². The van der Waals surface area contributed by atoms with Crippen molar-refractivity contribution in [2.75, 3.05) is 18.0 Å². The van der Waals surface area contributed by atoms with Crippen molar-refractivity contribution in [3.05, 3.63) is 42.2 Å². The second-order valence-electron chi connectivity index (χ2n) is 6.23. The van der Waals surface area contributed by atoms with Gasteiger partial charge >= 0.3 is 6.09 Å². The van der Waals surface area contributed by atoms with E-state index in [-0.39, 0.29) is 36.3 Å². The molecule has 1 fully saturated rings. The first kappa shape index (κ1) is 18.5. The molecule has 3 heterocycles. The van der Waals surface area contributed by atoms with Crippen LogP contribution in [-0.4, -0.2) is 51.4 Å². The van der Waals surface area contributed by atoms with Gasteiger partial charge in [0.05, 0.1) is 24.3 Å². The molecule has 1 aromatic carbocycles. The molecule has 1 aliphatic rings. The highest BCUT2D eigenvalue weighted by atomic mass is 19.1. The molecule has 0 saturated carbocycles. The van der Waals surface area contributed by atoms with Crippen molar-refractivity contribution < 1.29 is 27.5 Å². The number of ether oxygens (including phenoxy) is 1. The molecule has 0 radical (unpaired) electrons. The molecule has 150 valence electrons. The molecule has 0 aliphatic carbocycles. The number of carbonyl (C=O) groups excluding carboxylic acids is 2. The predicted molar refractivity (Wildman–Crippen MR) is 93.1 cm³/mol. The highest BCUT2D eigenvalue weighted by Crippen LogP contribution is 2.33. The van der Waals surface area contributed by atoms with Gasteiger partial charge in [-0.25, -0.2) is 13.6 Å². The van der Waals surface area contributed by atoms with Crippen LogP contribution >= 0.6 is 0 Å². The first-order valence-electron chi connectivity index (χ1n) is 8.47. The Bertz CT molecular complexity index is 1040. The summed E-state index contributed by atoms with van der Waals surface area (Å²) in [4.78, 5) is 24.1. The van der Waals surface area contributed by atoms with Gasteiger partial charge in [-0.05, 0) is 28.6 Å². The summed E-state index contributed by atoms with van der Waals surface area (Å²) in [7, 11) is 0. The summed E-state index contributed by atoms with van der Waals surface area (Å²) in [5, 5.41) is 13.1. The zero-order valence-corrected chi connectivity index (χ0v) is 15.0. The van der Waals surface area contributed by atoms with Gasteiger partial charge in [-0.2, -0.15) is 4.68 Å². The topological polar surface area (TPSA) is 115 Å². The van der Waals surface area contributed by atoms with Crippen molar-refractivity contribution in [3.8, 4) is 17.2 Å². The minimum atomic E-state index is -0.921. The Morgan fingerprint density at radius 2 is 2.07 bits per heavy atom. The Kier molecular flexibility index (Phi) is 4.66. The number of hydrogen-bond acceptors (Lipinski definition) is 7. The lowest BCUT2D eigenvalue weighted by atomic mass is 10.1. The van der Waals surface area contributed by atoms with Crippen LogP contribution in [0.4, 0.5) is 19.3 Å². The first-order chi connectivity index (χ1) is 13.9. The molecule has 29 heavy (non-hydrogen) atoms. The molecule has 0 bridgehead atoms. The molecule has 2 amide bonds. The summed E-state index contributed by atoms with van der Waals surface area (Å²) in [6.45, 7) is 1.48. The number of carbonyl (C=O) groups is 2. The van der Waals surface area contributed by atoms with Crippen molar-refractivity contribution in [3.63, 3.8) is 0 Å². The van der Waals surface area contributed by atoms with Crippen LogP contribution in [0.5, 0.6) is 0 Å². The van der Waals surface area contributed by atoms with E-state index in [4.69, 9.17) is 9.15 Å². The number of halogens is 2. The Morgan fingerprint density at radius 3 is 2.72 bits per heavy atom. The van der Waals surface area contributed by atoms with E-state index in [1.54, 1.807) is 0 Å². The van der Waals surface area contributed by atoms with Crippen LogP contribution < -0.4 is 10.2 Å². The zero-order valence-electron chi connectivity index (χ0n) is 15.0. The average Bonchev–Trinajstić information content (AvgIpc) is 3.40. The number of rotatable bonds is 5. The van der Waals surface area contributed by atoms with Gasteiger partial charge in [-0.3, -0.25) is 9.69 Å². The number of nitrogens with one attached hydrogen (secondary N) is 1. The van der Waals surface area contributed by atoms with Crippen molar-refractivity contribution in [1.29, 1.82) is 0 Å². The summed E-state index contributed by atoms with van der Waals surface area (Å²) < 4.78 is 41.1. The van der Waals surface area contributed by atoms with E-state index in [1.165, 1.54) is 30.1 Å². The molecule has 1 unspecified atom stereocenters. The molecule has 1 N–H and O–H groups in total. The highest BCUT2D eigenvalue weighted by molar-refractivity contribution is 5.90.